The number of aliphatic hydroxyl groups is 2. The molecule has 2 bridgehead atoms. The van der Waals surface area contributed by atoms with Crippen molar-refractivity contribution in [2.45, 2.75) is 77.8 Å². The van der Waals surface area contributed by atoms with E-state index in [1.165, 1.54) is 13.5 Å². The highest BCUT2D eigenvalue weighted by Crippen LogP contribution is 2.61. The van der Waals surface area contributed by atoms with Crippen molar-refractivity contribution in [2.75, 3.05) is 20.3 Å². The van der Waals surface area contributed by atoms with Crippen LogP contribution in [-0.4, -0.2) is 77.6 Å². The van der Waals surface area contributed by atoms with E-state index < -0.39 is 30.1 Å². The third kappa shape index (κ3) is 6.79. The minimum absolute atomic E-state index is 0.0622. The van der Waals surface area contributed by atoms with E-state index in [1.807, 2.05) is 30.3 Å². The predicted molar refractivity (Wildman–Crippen MR) is 168 cm³/mol. The van der Waals surface area contributed by atoms with Gasteiger partial charge in [0.2, 0.25) is 5.91 Å². The van der Waals surface area contributed by atoms with Crippen molar-refractivity contribution < 1.29 is 34.2 Å². The summed E-state index contributed by atoms with van der Waals surface area (Å²) in [7, 11) is 1.31. The van der Waals surface area contributed by atoms with Crippen LogP contribution in [0.5, 0.6) is 0 Å². The Kier molecular flexibility index (Phi) is 9.98. The van der Waals surface area contributed by atoms with Crippen molar-refractivity contribution >= 4 is 17.8 Å². The highest BCUT2D eigenvalue weighted by atomic mass is 16.7. The summed E-state index contributed by atoms with van der Waals surface area (Å²) >= 11 is 0. The molecule has 3 aliphatic carbocycles. The number of hydroxylamine groups is 2. The summed E-state index contributed by atoms with van der Waals surface area (Å²) in [5, 5.41) is 28.5. The van der Waals surface area contributed by atoms with Crippen LogP contribution < -0.4 is 10.6 Å². The molecule has 6 rings (SSSR count). The number of amides is 2. The Labute approximate surface area is 265 Å². The lowest BCUT2D eigenvalue weighted by atomic mass is 9.45. The van der Waals surface area contributed by atoms with Gasteiger partial charge in [-0.05, 0) is 77.8 Å². The number of fused-ring (bicyclic) bond motifs is 2. The summed E-state index contributed by atoms with van der Waals surface area (Å²) in [5.74, 6) is 0.0468. The number of rotatable bonds is 11. The maximum atomic E-state index is 13.9. The maximum Gasteiger partial charge on any atom is 0.307 e. The number of hydrogen-bond donors (Lipinski definition) is 4. The summed E-state index contributed by atoms with van der Waals surface area (Å²) in [5.41, 5.74) is 3.34. The van der Waals surface area contributed by atoms with Gasteiger partial charge in [0.05, 0.1) is 32.8 Å². The Hall–Kier alpha value is -3.31. The quantitative estimate of drug-likeness (QED) is 0.281. The van der Waals surface area contributed by atoms with Crippen LogP contribution in [0.1, 0.15) is 62.9 Å². The summed E-state index contributed by atoms with van der Waals surface area (Å²) in [6.07, 6.45) is 0.660. The van der Waals surface area contributed by atoms with Gasteiger partial charge in [0.25, 0.3) is 5.91 Å². The first-order valence-corrected chi connectivity index (χ1v) is 16.0. The molecule has 0 spiro atoms. The number of methoxy groups -OCH3 is 1. The van der Waals surface area contributed by atoms with Gasteiger partial charge in [0.1, 0.15) is 12.1 Å². The fourth-order valence-electron chi connectivity index (χ4n) is 7.84. The topological polar surface area (TPSA) is 137 Å². The number of hydrogen-bond acceptors (Lipinski definition) is 8. The van der Waals surface area contributed by atoms with E-state index in [-0.39, 0.29) is 44.0 Å². The summed E-state index contributed by atoms with van der Waals surface area (Å²) in [4.78, 5) is 44.1. The minimum Gasteiger partial charge on any atom is -0.469 e. The van der Waals surface area contributed by atoms with Crippen molar-refractivity contribution in [3.05, 3.63) is 59.7 Å². The molecule has 1 aliphatic heterocycles. The summed E-state index contributed by atoms with van der Waals surface area (Å²) in [6.45, 7) is 8.65. The third-order valence-electron chi connectivity index (χ3n) is 10.6. The SMILES string of the molecule is COC(=O)CCNC(=O)c1cccc(-c2cccc(CN3O[C@@H](CO)[C@@H]([C@H](C)O)[C@H]3C(=O)N[C@H]3C[C@@H]4C[C@H]([C@@H]3C)C4(C)C)c2)c1. The maximum absolute atomic E-state index is 13.9. The van der Waals surface area contributed by atoms with E-state index in [9.17, 15) is 24.6 Å². The molecular formula is C35H47N3O7. The zero-order valence-corrected chi connectivity index (χ0v) is 26.9. The van der Waals surface area contributed by atoms with E-state index in [4.69, 9.17) is 4.84 Å². The highest BCUT2D eigenvalue weighted by Gasteiger charge is 2.57. The molecule has 244 valence electrons. The fourth-order valence-corrected chi connectivity index (χ4v) is 7.84. The van der Waals surface area contributed by atoms with Gasteiger partial charge in [-0.25, -0.2) is 0 Å². The van der Waals surface area contributed by atoms with Crippen molar-refractivity contribution in [3.8, 4) is 11.1 Å². The zero-order valence-electron chi connectivity index (χ0n) is 26.9. The normalized spacial score (nSPS) is 29.4. The van der Waals surface area contributed by atoms with Crippen LogP contribution in [0.15, 0.2) is 48.5 Å². The second kappa shape index (κ2) is 13.6. The Morgan fingerprint density at radius 2 is 1.82 bits per heavy atom. The Morgan fingerprint density at radius 1 is 1.11 bits per heavy atom. The van der Waals surface area contributed by atoms with Gasteiger partial charge in [-0.3, -0.25) is 19.2 Å². The summed E-state index contributed by atoms with van der Waals surface area (Å²) in [6, 6.07) is 14.3. The molecule has 3 saturated carbocycles. The number of nitrogens with zero attached hydrogens (tertiary/aromatic N) is 1. The van der Waals surface area contributed by atoms with Crippen molar-refractivity contribution in [1.82, 2.24) is 15.7 Å². The van der Waals surface area contributed by atoms with Crippen LogP contribution in [-0.2, 0) is 25.7 Å². The highest BCUT2D eigenvalue weighted by molar-refractivity contribution is 5.95. The predicted octanol–water partition coefficient (Wildman–Crippen LogP) is 3.31. The smallest absolute Gasteiger partial charge is 0.307 e. The number of carbonyl (C=O) groups excluding carboxylic acids is 3. The fraction of sp³-hybridized carbons (Fsp3) is 0.571. The van der Waals surface area contributed by atoms with Crippen LogP contribution in [0.25, 0.3) is 11.1 Å². The molecule has 45 heavy (non-hydrogen) atoms. The molecule has 10 heteroatoms. The molecule has 0 aromatic heterocycles. The monoisotopic (exact) mass is 621 g/mol. The minimum atomic E-state index is -0.869. The van der Waals surface area contributed by atoms with Gasteiger partial charge in [-0.2, -0.15) is 5.06 Å². The first kappa shape index (κ1) is 33.1. The van der Waals surface area contributed by atoms with Gasteiger partial charge < -0.3 is 25.6 Å². The van der Waals surface area contributed by atoms with Gasteiger partial charge in [-0.15, -0.1) is 0 Å². The molecule has 2 aromatic rings. The Bertz CT molecular complexity index is 1390. The molecule has 2 amide bonds. The molecule has 0 unspecified atom stereocenters. The number of carbonyl (C=O) groups is 3. The van der Waals surface area contributed by atoms with Gasteiger partial charge in [-0.1, -0.05) is 51.1 Å². The molecule has 0 radical (unpaired) electrons. The second-order valence-electron chi connectivity index (χ2n) is 13.6. The molecule has 8 atom stereocenters. The molecule has 2 aromatic carbocycles. The standard InChI is InChI=1S/C35H47N3O7/c1-20-27-16-26(35(27,3)4)17-28(20)37-34(43)32-31(21(2)40)29(19-39)45-38(32)18-22-8-6-9-23(14-22)24-10-7-11-25(15-24)33(42)36-13-12-30(41)44-5/h6-11,14-15,20-21,26-29,31-32,39-40H,12-13,16-19H2,1-5H3,(H,36,42)(H,37,43)/t20-,21-,26-,27+,28-,29-,31+,32-/m0/s1. The van der Waals surface area contributed by atoms with E-state index in [0.29, 0.717) is 28.7 Å². The number of ether oxygens (including phenoxy) is 1. The lowest BCUT2D eigenvalue weighted by Crippen LogP contribution is -2.62. The molecule has 10 nitrogen and oxygen atoms in total. The number of nitrogens with one attached hydrogen (secondary N) is 2. The van der Waals surface area contributed by atoms with Crippen LogP contribution in [0, 0.1) is 29.1 Å². The van der Waals surface area contributed by atoms with Crippen LogP contribution in [0.3, 0.4) is 0 Å². The molecule has 4 fully saturated rings. The van der Waals surface area contributed by atoms with E-state index >= 15 is 0 Å². The molecule has 4 N–H and O–H groups in total. The average Bonchev–Trinajstić information content (AvgIpc) is 3.40. The number of benzene rings is 2. The average molecular weight is 622 g/mol. The van der Waals surface area contributed by atoms with E-state index in [0.717, 1.165) is 23.1 Å². The molecule has 4 aliphatic rings. The molecule has 1 heterocycles. The van der Waals surface area contributed by atoms with Crippen LogP contribution in [0.2, 0.25) is 0 Å². The van der Waals surface area contributed by atoms with Gasteiger partial charge in [0, 0.05) is 24.1 Å². The van der Waals surface area contributed by atoms with Crippen molar-refractivity contribution in [1.29, 1.82) is 0 Å². The first-order valence-electron chi connectivity index (χ1n) is 16.0. The Morgan fingerprint density at radius 3 is 2.47 bits per heavy atom. The van der Waals surface area contributed by atoms with Gasteiger partial charge >= 0.3 is 5.97 Å². The number of esters is 1. The van der Waals surface area contributed by atoms with Crippen molar-refractivity contribution in [3.63, 3.8) is 0 Å². The van der Waals surface area contributed by atoms with E-state index in [1.54, 1.807) is 30.2 Å². The van der Waals surface area contributed by atoms with Crippen molar-refractivity contribution in [2.24, 2.45) is 29.1 Å². The lowest BCUT2D eigenvalue weighted by molar-refractivity contribution is -0.183. The molecule has 1 saturated heterocycles. The lowest BCUT2D eigenvalue weighted by Gasteiger charge is -2.62. The summed E-state index contributed by atoms with van der Waals surface area (Å²) < 4.78 is 4.62. The Balaban J connectivity index is 1.31. The van der Waals surface area contributed by atoms with Gasteiger partial charge in [0.15, 0.2) is 0 Å². The second-order valence-corrected chi connectivity index (χ2v) is 13.6. The zero-order chi connectivity index (χ0) is 32.5. The first-order chi connectivity index (χ1) is 21.4. The number of aliphatic hydroxyl groups excluding tert-OH is 2. The van der Waals surface area contributed by atoms with Crippen LogP contribution >= 0.6 is 0 Å². The molecular weight excluding hydrogens is 574 g/mol. The van der Waals surface area contributed by atoms with E-state index in [2.05, 4.69) is 36.1 Å². The third-order valence-corrected chi connectivity index (χ3v) is 10.6. The largest absolute Gasteiger partial charge is 0.469 e. The van der Waals surface area contributed by atoms with Crippen LogP contribution in [0.4, 0.5) is 0 Å².